The van der Waals surface area contributed by atoms with Crippen LogP contribution < -0.4 is 0 Å². The Balaban J connectivity index is 1.46. The van der Waals surface area contributed by atoms with Crippen LogP contribution in [0.3, 0.4) is 0 Å². The van der Waals surface area contributed by atoms with Crippen LogP contribution in [0.5, 0.6) is 0 Å². The summed E-state index contributed by atoms with van der Waals surface area (Å²) in [5.41, 5.74) is 2.46. The highest BCUT2D eigenvalue weighted by Crippen LogP contribution is 2.34. The summed E-state index contributed by atoms with van der Waals surface area (Å²) in [5, 5.41) is 11.4. The molecule has 0 N–H and O–H groups in total. The average Bonchev–Trinajstić information content (AvgIpc) is 3.53. The van der Waals surface area contributed by atoms with E-state index in [2.05, 4.69) is 52.7 Å². The van der Waals surface area contributed by atoms with Gasteiger partial charge >= 0.3 is 0 Å². The van der Waals surface area contributed by atoms with Crippen molar-refractivity contribution in [2.45, 2.75) is 58.4 Å². The van der Waals surface area contributed by atoms with E-state index in [9.17, 15) is 4.79 Å². The number of amides is 1. The lowest BCUT2D eigenvalue weighted by molar-refractivity contribution is -0.125. The van der Waals surface area contributed by atoms with E-state index < -0.39 is 0 Å². The second kappa shape index (κ2) is 9.39. The first-order valence-corrected chi connectivity index (χ1v) is 12.0. The van der Waals surface area contributed by atoms with Gasteiger partial charge in [-0.3, -0.25) is 4.79 Å². The topological polar surface area (TPSA) is 84.5 Å². The van der Waals surface area contributed by atoms with Crippen LogP contribution in [0.15, 0.2) is 51.7 Å². The molecule has 7 nitrogen and oxygen atoms in total. The molecule has 1 aromatic carbocycles. The van der Waals surface area contributed by atoms with E-state index in [1.807, 2.05) is 35.4 Å². The van der Waals surface area contributed by atoms with Gasteiger partial charge in [0.2, 0.25) is 5.89 Å². The first kappa shape index (κ1) is 23.0. The van der Waals surface area contributed by atoms with Gasteiger partial charge in [0.05, 0.1) is 6.04 Å². The van der Waals surface area contributed by atoms with Crippen LogP contribution in [0.1, 0.15) is 67.7 Å². The number of likely N-dealkylation sites (tertiary alicyclic amines) is 1. The lowest BCUT2D eigenvalue weighted by Gasteiger charge is -2.23. The number of aryl methyl sites for hydroxylation is 1. The lowest BCUT2D eigenvalue weighted by Crippen LogP contribution is -2.35. The zero-order valence-corrected chi connectivity index (χ0v) is 20.4. The fourth-order valence-corrected chi connectivity index (χ4v) is 5.04. The molecule has 0 aliphatic carbocycles. The molecule has 1 saturated heterocycles. The van der Waals surface area contributed by atoms with Gasteiger partial charge in [-0.25, -0.2) is 9.98 Å². The number of thiazole rings is 1. The quantitative estimate of drug-likeness (QED) is 0.453. The predicted octanol–water partition coefficient (Wildman–Crippen LogP) is 5.15. The Hall–Kier alpha value is -3.13. The van der Waals surface area contributed by atoms with Crippen molar-refractivity contribution in [3.63, 3.8) is 0 Å². The molecule has 1 amide bonds. The molecule has 1 atom stereocenters. The smallest absolute Gasteiger partial charge is 0.268 e. The number of carbonyl (C=O) groups excluding carboxylic acids is 1. The van der Waals surface area contributed by atoms with Crippen molar-refractivity contribution in [2.75, 3.05) is 6.54 Å². The van der Waals surface area contributed by atoms with Gasteiger partial charge in [-0.2, -0.15) is 0 Å². The monoisotopic (exact) mass is 463 g/mol. The van der Waals surface area contributed by atoms with Crippen LogP contribution in [-0.4, -0.2) is 38.2 Å². The molecule has 8 heteroatoms. The summed E-state index contributed by atoms with van der Waals surface area (Å²) < 4.78 is 5.92. The van der Waals surface area contributed by atoms with Crippen molar-refractivity contribution >= 4 is 28.7 Å². The van der Waals surface area contributed by atoms with Gasteiger partial charge in [-0.05, 0) is 38.7 Å². The molecule has 4 rings (SSSR count). The molecule has 1 fully saturated rings. The van der Waals surface area contributed by atoms with Crippen LogP contribution >= 0.6 is 11.3 Å². The Kier molecular flexibility index (Phi) is 6.56. The predicted molar refractivity (Wildman–Crippen MR) is 130 cm³/mol. The molecular formula is C25H29N5O2S. The Morgan fingerprint density at radius 3 is 2.76 bits per heavy atom. The third-order valence-electron chi connectivity index (χ3n) is 5.79. The van der Waals surface area contributed by atoms with Crippen molar-refractivity contribution in [1.29, 1.82) is 0 Å². The number of nitrogens with zero attached hydrogens (tertiary/aromatic N) is 5. The SMILES string of the molecule is C=C(N=C(C)C(=O)N1CCCC1c1nc(C)cs1)c1nnc(C(C)(C)Cc2ccccc2)o1. The number of aromatic nitrogens is 3. The lowest BCUT2D eigenvalue weighted by atomic mass is 9.86. The minimum Gasteiger partial charge on any atom is -0.419 e. The Morgan fingerprint density at radius 1 is 1.30 bits per heavy atom. The molecule has 0 radical (unpaired) electrons. The molecule has 0 saturated carbocycles. The molecule has 1 aliphatic rings. The van der Waals surface area contributed by atoms with Gasteiger partial charge in [0.25, 0.3) is 11.8 Å². The first-order valence-electron chi connectivity index (χ1n) is 11.1. The fourth-order valence-electron chi connectivity index (χ4n) is 4.09. The third-order valence-corrected chi connectivity index (χ3v) is 6.85. The normalized spacial score (nSPS) is 16.9. The molecular weight excluding hydrogens is 434 g/mol. The van der Waals surface area contributed by atoms with E-state index in [1.165, 1.54) is 5.56 Å². The second-order valence-electron chi connectivity index (χ2n) is 9.09. The van der Waals surface area contributed by atoms with Crippen LogP contribution in [0.4, 0.5) is 0 Å². The highest BCUT2D eigenvalue weighted by Gasteiger charge is 2.33. The van der Waals surface area contributed by atoms with Crippen molar-refractivity contribution in [3.8, 4) is 0 Å². The van der Waals surface area contributed by atoms with E-state index in [4.69, 9.17) is 4.42 Å². The van der Waals surface area contributed by atoms with Crippen molar-refractivity contribution in [2.24, 2.45) is 4.99 Å². The second-order valence-corrected chi connectivity index (χ2v) is 9.98. The molecule has 1 aliphatic heterocycles. The summed E-state index contributed by atoms with van der Waals surface area (Å²) in [6, 6.07) is 10.2. The fraction of sp³-hybridized carbons (Fsp3) is 0.400. The Bertz CT molecular complexity index is 1180. The van der Waals surface area contributed by atoms with Gasteiger partial charge in [0.15, 0.2) is 0 Å². The summed E-state index contributed by atoms with van der Waals surface area (Å²) in [5.74, 6) is 0.628. The number of aliphatic imine (C=N–C) groups is 1. The zero-order valence-electron chi connectivity index (χ0n) is 19.5. The number of carbonyl (C=O) groups is 1. The van der Waals surface area contributed by atoms with Gasteiger partial charge in [0.1, 0.15) is 16.4 Å². The van der Waals surface area contributed by atoms with E-state index in [0.717, 1.165) is 30.0 Å². The number of rotatable bonds is 7. The van der Waals surface area contributed by atoms with Gasteiger partial charge in [-0.15, -0.1) is 21.5 Å². The highest BCUT2D eigenvalue weighted by molar-refractivity contribution is 7.09. The maximum Gasteiger partial charge on any atom is 0.268 e. The maximum absolute atomic E-state index is 13.1. The number of hydrogen-bond donors (Lipinski definition) is 0. The first-order chi connectivity index (χ1) is 15.7. The molecule has 33 heavy (non-hydrogen) atoms. The number of hydrogen-bond acceptors (Lipinski definition) is 7. The Morgan fingerprint density at radius 2 is 2.06 bits per heavy atom. The van der Waals surface area contributed by atoms with E-state index in [1.54, 1.807) is 18.3 Å². The van der Waals surface area contributed by atoms with Crippen LogP contribution in [0.2, 0.25) is 0 Å². The summed E-state index contributed by atoms with van der Waals surface area (Å²) in [7, 11) is 0. The standard InChI is InChI=1S/C25H29N5O2S/c1-16-15-33-22(26-16)20-12-9-13-30(20)23(31)18(3)27-17(2)21-28-29-24(32-21)25(4,5)14-19-10-7-6-8-11-19/h6-8,10-11,15,20H,2,9,12-14H2,1,3-5H3. The molecule has 172 valence electrons. The molecule has 2 aromatic heterocycles. The molecule has 3 heterocycles. The third kappa shape index (κ3) is 5.11. The van der Waals surface area contributed by atoms with Crippen molar-refractivity contribution < 1.29 is 9.21 Å². The largest absolute Gasteiger partial charge is 0.419 e. The van der Waals surface area contributed by atoms with Crippen LogP contribution in [-0.2, 0) is 16.6 Å². The summed E-state index contributed by atoms with van der Waals surface area (Å²) in [6.45, 7) is 12.5. The van der Waals surface area contributed by atoms with Crippen molar-refractivity contribution in [1.82, 2.24) is 20.1 Å². The van der Waals surface area contributed by atoms with Crippen LogP contribution in [0.25, 0.3) is 5.70 Å². The summed E-state index contributed by atoms with van der Waals surface area (Å²) in [6.07, 6.45) is 2.62. The van der Waals surface area contributed by atoms with Gasteiger partial charge in [-0.1, -0.05) is 50.8 Å². The van der Waals surface area contributed by atoms with E-state index in [0.29, 0.717) is 18.1 Å². The zero-order chi connectivity index (χ0) is 23.6. The maximum atomic E-state index is 13.1. The minimum absolute atomic E-state index is 0.00316. The molecule has 0 spiro atoms. The summed E-state index contributed by atoms with van der Waals surface area (Å²) >= 11 is 1.60. The van der Waals surface area contributed by atoms with E-state index >= 15 is 0 Å². The number of benzene rings is 1. The Labute approximate surface area is 198 Å². The van der Waals surface area contributed by atoms with Gasteiger partial charge in [0, 0.05) is 23.0 Å². The van der Waals surface area contributed by atoms with E-state index in [-0.39, 0.29) is 29.0 Å². The average molecular weight is 464 g/mol. The van der Waals surface area contributed by atoms with Gasteiger partial charge < -0.3 is 9.32 Å². The minimum atomic E-state index is -0.351. The molecule has 0 bridgehead atoms. The van der Waals surface area contributed by atoms with Crippen LogP contribution in [0, 0.1) is 6.92 Å². The molecule has 3 aromatic rings. The van der Waals surface area contributed by atoms with Crippen molar-refractivity contribution in [3.05, 3.63) is 70.3 Å². The molecule has 1 unspecified atom stereocenters. The summed E-state index contributed by atoms with van der Waals surface area (Å²) in [4.78, 5) is 24.0. The highest BCUT2D eigenvalue weighted by atomic mass is 32.1.